The monoisotopic (exact) mass is 266 g/mol. The summed E-state index contributed by atoms with van der Waals surface area (Å²) >= 11 is 6.35. The van der Waals surface area contributed by atoms with Crippen LogP contribution in [0.5, 0.6) is 0 Å². The molecule has 1 aromatic rings. The molecule has 1 aliphatic rings. The van der Waals surface area contributed by atoms with Crippen LogP contribution in [0.25, 0.3) is 0 Å². The molecule has 0 atom stereocenters. The van der Waals surface area contributed by atoms with Gasteiger partial charge >= 0.3 is 0 Å². The van der Waals surface area contributed by atoms with Crippen molar-refractivity contribution < 1.29 is 0 Å². The minimum absolute atomic E-state index is 0.682. The molecule has 1 saturated carbocycles. The fraction of sp³-hybridized carbons (Fsp3) is 0.600. The Labute approximate surface area is 115 Å². The fourth-order valence-electron chi connectivity index (χ4n) is 2.29. The molecule has 3 heteroatoms. The van der Waals surface area contributed by atoms with Crippen LogP contribution < -0.4 is 10.2 Å². The molecule has 0 aliphatic heterocycles. The van der Waals surface area contributed by atoms with E-state index in [1.165, 1.54) is 24.1 Å². The first-order valence-corrected chi connectivity index (χ1v) is 7.19. The molecule has 18 heavy (non-hydrogen) atoms. The number of hydrogen-bond donors (Lipinski definition) is 1. The predicted octanol–water partition coefficient (Wildman–Crippen LogP) is 3.68. The summed E-state index contributed by atoms with van der Waals surface area (Å²) in [5.41, 5.74) is 2.44. The molecule has 0 aromatic heterocycles. The van der Waals surface area contributed by atoms with Gasteiger partial charge < -0.3 is 10.2 Å². The number of nitrogens with one attached hydrogen (secondary N) is 1. The molecular formula is C15H23ClN2. The van der Waals surface area contributed by atoms with E-state index in [-0.39, 0.29) is 0 Å². The molecule has 1 N–H and O–H groups in total. The van der Waals surface area contributed by atoms with Crippen molar-refractivity contribution in [3.63, 3.8) is 0 Å². The minimum Gasteiger partial charge on any atom is -0.368 e. The van der Waals surface area contributed by atoms with Crippen LogP contribution >= 0.6 is 11.6 Å². The summed E-state index contributed by atoms with van der Waals surface area (Å²) in [7, 11) is 1.94. The van der Waals surface area contributed by atoms with E-state index in [0.717, 1.165) is 24.2 Å². The van der Waals surface area contributed by atoms with Gasteiger partial charge in [-0.05, 0) is 43.5 Å². The van der Waals surface area contributed by atoms with Crippen LogP contribution in [0.2, 0.25) is 5.02 Å². The molecule has 1 aliphatic carbocycles. The van der Waals surface area contributed by atoms with Gasteiger partial charge in [0.25, 0.3) is 0 Å². The first-order chi connectivity index (χ1) is 8.61. The summed E-state index contributed by atoms with van der Waals surface area (Å²) < 4.78 is 0. The largest absolute Gasteiger partial charge is 0.368 e. The highest BCUT2D eigenvalue weighted by Gasteiger charge is 2.29. The maximum Gasteiger partial charge on any atom is 0.0471 e. The third kappa shape index (κ3) is 3.39. The van der Waals surface area contributed by atoms with Gasteiger partial charge in [0, 0.05) is 29.8 Å². The van der Waals surface area contributed by atoms with Crippen LogP contribution in [0.3, 0.4) is 0 Å². The molecule has 0 radical (unpaired) electrons. The molecule has 0 spiro atoms. The van der Waals surface area contributed by atoms with Crippen molar-refractivity contribution in [3.05, 3.63) is 28.8 Å². The van der Waals surface area contributed by atoms with Gasteiger partial charge in [-0.1, -0.05) is 31.5 Å². The van der Waals surface area contributed by atoms with Crippen molar-refractivity contribution in [1.29, 1.82) is 0 Å². The van der Waals surface area contributed by atoms with Gasteiger partial charge in [-0.15, -0.1) is 0 Å². The zero-order chi connectivity index (χ0) is 13.1. The zero-order valence-corrected chi connectivity index (χ0v) is 12.3. The van der Waals surface area contributed by atoms with Crippen molar-refractivity contribution in [2.75, 3.05) is 18.5 Å². The van der Waals surface area contributed by atoms with Crippen LogP contribution in [0.4, 0.5) is 5.69 Å². The summed E-state index contributed by atoms with van der Waals surface area (Å²) in [6.45, 7) is 6.48. The van der Waals surface area contributed by atoms with E-state index in [1.807, 2.05) is 7.05 Å². The second-order valence-electron chi connectivity index (χ2n) is 5.58. The third-order valence-electron chi connectivity index (χ3n) is 3.29. The molecule has 2 rings (SSSR count). The summed E-state index contributed by atoms with van der Waals surface area (Å²) in [5.74, 6) is 0.682. The van der Waals surface area contributed by atoms with Crippen LogP contribution in [0.1, 0.15) is 32.3 Å². The number of hydrogen-bond acceptors (Lipinski definition) is 2. The lowest BCUT2D eigenvalue weighted by Crippen LogP contribution is -2.29. The van der Waals surface area contributed by atoms with Gasteiger partial charge in [-0.25, -0.2) is 0 Å². The van der Waals surface area contributed by atoms with E-state index in [1.54, 1.807) is 0 Å². The van der Waals surface area contributed by atoms with Crippen molar-refractivity contribution in [2.45, 2.75) is 39.3 Å². The Balaban J connectivity index is 2.17. The Morgan fingerprint density at radius 1 is 1.39 bits per heavy atom. The Hall–Kier alpha value is -0.730. The highest BCUT2D eigenvalue weighted by Crippen LogP contribution is 2.34. The van der Waals surface area contributed by atoms with Gasteiger partial charge in [-0.2, -0.15) is 0 Å². The Morgan fingerprint density at radius 3 is 2.61 bits per heavy atom. The van der Waals surface area contributed by atoms with Crippen molar-refractivity contribution in [1.82, 2.24) is 5.32 Å². The lowest BCUT2D eigenvalue weighted by atomic mass is 10.1. The number of anilines is 1. The van der Waals surface area contributed by atoms with Gasteiger partial charge in [0.2, 0.25) is 0 Å². The molecule has 0 unspecified atom stereocenters. The molecule has 0 bridgehead atoms. The van der Waals surface area contributed by atoms with Crippen molar-refractivity contribution in [2.24, 2.45) is 5.92 Å². The highest BCUT2D eigenvalue weighted by atomic mass is 35.5. The molecule has 0 saturated heterocycles. The van der Waals surface area contributed by atoms with Crippen LogP contribution in [-0.4, -0.2) is 19.6 Å². The van der Waals surface area contributed by atoms with E-state index in [9.17, 15) is 0 Å². The Kier molecular flexibility index (Phi) is 4.52. The smallest absolute Gasteiger partial charge is 0.0471 e. The lowest BCUT2D eigenvalue weighted by molar-refractivity contribution is 0.607. The average Bonchev–Trinajstić information content (AvgIpc) is 3.13. The van der Waals surface area contributed by atoms with Gasteiger partial charge in [0.1, 0.15) is 0 Å². The average molecular weight is 267 g/mol. The quantitative estimate of drug-likeness (QED) is 0.845. The maximum absolute atomic E-state index is 6.35. The normalized spacial score (nSPS) is 15.2. The van der Waals surface area contributed by atoms with Crippen LogP contribution in [0, 0.1) is 5.92 Å². The summed E-state index contributed by atoms with van der Waals surface area (Å²) in [5, 5.41) is 4.01. The van der Waals surface area contributed by atoms with Crippen molar-refractivity contribution in [3.8, 4) is 0 Å². The number of halogens is 1. The molecular weight excluding hydrogens is 244 g/mol. The second-order valence-corrected chi connectivity index (χ2v) is 5.99. The molecule has 1 aromatic carbocycles. The Morgan fingerprint density at radius 2 is 2.11 bits per heavy atom. The molecule has 2 nitrogen and oxygen atoms in total. The van der Waals surface area contributed by atoms with Crippen LogP contribution in [0.15, 0.2) is 18.2 Å². The van der Waals surface area contributed by atoms with E-state index in [0.29, 0.717) is 5.92 Å². The lowest BCUT2D eigenvalue weighted by Gasteiger charge is -2.27. The third-order valence-corrected chi connectivity index (χ3v) is 3.64. The first-order valence-electron chi connectivity index (χ1n) is 6.81. The highest BCUT2D eigenvalue weighted by molar-refractivity contribution is 6.31. The first kappa shape index (κ1) is 13.7. The standard InChI is InChI=1S/C15H23ClN2/c1-11(2)10-18(13-6-7-13)14-5-4-12(9-17-3)15(16)8-14/h4-5,8,11,13,17H,6-7,9-10H2,1-3H3. The summed E-state index contributed by atoms with van der Waals surface area (Å²) in [6, 6.07) is 7.21. The SMILES string of the molecule is CNCc1ccc(N(CC(C)C)C2CC2)cc1Cl. The molecule has 0 heterocycles. The summed E-state index contributed by atoms with van der Waals surface area (Å²) in [4.78, 5) is 2.51. The van der Waals surface area contributed by atoms with Crippen LogP contribution in [-0.2, 0) is 6.54 Å². The predicted molar refractivity (Wildman–Crippen MR) is 79.4 cm³/mol. The fourth-order valence-corrected chi connectivity index (χ4v) is 2.54. The van der Waals surface area contributed by atoms with Gasteiger partial charge in [-0.3, -0.25) is 0 Å². The second kappa shape index (κ2) is 5.94. The number of nitrogens with zero attached hydrogens (tertiary/aromatic N) is 1. The molecule has 1 fully saturated rings. The van der Waals surface area contributed by atoms with Gasteiger partial charge in [0.15, 0.2) is 0 Å². The van der Waals surface area contributed by atoms with Gasteiger partial charge in [0.05, 0.1) is 0 Å². The molecule has 100 valence electrons. The van der Waals surface area contributed by atoms with Crippen molar-refractivity contribution >= 4 is 17.3 Å². The topological polar surface area (TPSA) is 15.3 Å². The molecule has 0 amide bonds. The maximum atomic E-state index is 6.35. The minimum atomic E-state index is 0.682. The van der Waals surface area contributed by atoms with E-state index in [4.69, 9.17) is 11.6 Å². The number of benzene rings is 1. The number of rotatable bonds is 6. The van der Waals surface area contributed by atoms with E-state index >= 15 is 0 Å². The van der Waals surface area contributed by atoms with E-state index < -0.39 is 0 Å². The summed E-state index contributed by atoms with van der Waals surface area (Å²) in [6.07, 6.45) is 2.64. The zero-order valence-electron chi connectivity index (χ0n) is 11.5. The Bertz CT molecular complexity index is 399. The van der Waals surface area contributed by atoms with E-state index in [2.05, 4.69) is 42.3 Å².